The summed E-state index contributed by atoms with van der Waals surface area (Å²) in [6.07, 6.45) is 1.21. The Morgan fingerprint density at radius 3 is 2.78 bits per heavy atom. The quantitative estimate of drug-likeness (QED) is 0.825. The van der Waals surface area contributed by atoms with Crippen LogP contribution in [0.3, 0.4) is 0 Å². The van der Waals surface area contributed by atoms with E-state index in [1.54, 1.807) is 19.9 Å². The third-order valence-corrected chi connectivity index (χ3v) is 3.16. The molecule has 1 aromatic rings. The number of hydrogen-bond acceptors (Lipinski definition) is 2. The summed E-state index contributed by atoms with van der Waals surface area (Å²) in [6, 6.07) is 5.52. The van der Waals surface area contributed by atoms with Gasteiger partial charge in [0.25, 0.3) is 0 Å². The predicted octanol–water partition coefficient (Wildman–Crippen LogP) is 2.68. The number of alkyl halides is 1. The largest absolute Gasteiger partial charge is 0.326 e. The number of benzene rings is 1. The number of halogens is 1. The Kier molecular flexibility index (Phi) is 3.43. The molecule has 1 aliphatic heterocycles. The summed E-state index contributed by atoms with van der Waals surface area (Å²) in [5.41, 5.74) is 2.64. The van der Waals surface area contributed by atoms with Gasteiger partial charge in [-0.05, 0) is 44.0 Å². The zero-order valence-electron chi connectivity index (χ0n) is 10.3. The van der Waals surface area contributed by atoms with Crippen molar-refractivity contribution in [3.63, 3.8) is 0 Å². The van der Waals surface area contributed by atoms with Crippen LogP contribution in [0.1, 0.15) is 25.8 Å². The Balaban J connectivity index is 2.17. The van der Waals surface area contributed by atoms with Crippen molar-refractivity contribution in [2.75, 3.05) is 10.6 Å². The zero-order valence-corrected chi connectivity index (χ0v) is 11.9. The molecule has 0 atom stereocenters. The first-order valence-corrected chi connectivity index (χ1v) is 6.59. The highest BCUT2D eigenvalue weighted by molar-refractivity contribution is 9.10. The first-order valence-electron chi connectivity index (χ1n) is 5.79. The molecule has 5 heteroatoms. The van der Waals surface area contributed by atoms with Gasteiger partial charge in [0, 0.05) is 17.8 Å². The van der Waals surface area contributed by atoms with E-state index < -0.39 is 4.32 Å². The van der Waals surface area contributed by atoms with Gasteiger partial charge in [0.05, 0.1) is 4.32 Å². The molecule has 0 fully saturated rings. The monoisotopic (exact) mass is 310 g/mol. The van der Waals surface area contributed by atoms with Crippen molar-refractivity contribution in [1.29, 1.82) is 0 Å². The van der Waals surface area contributed by atoms with Gasteiger partial charge in [-0.25, -0.2) is 0 Å². The normalized spacial score (nSPS) is 14.7. The lowest BCUT2D eigenvalue weighted by molar-refractivity contribution is -0.117. The standard InChI is InChI=1S/C13H15BrN2O2/c1-13(2,14)12(18)15-9-4-5-10-8(7-9)3-6-11(17)16-10/h4-5,7H,3,6H2,1-2H3,(H,15,18)(H,16,17). The molecule has 2 N–H and O–H groups in total. The molecular formula is C13H15BrN2O2. The van der Waals surface area contributed by atoms with Crippen LogP contribution in [0, 0.1) is 0 Å². The van der Waals surface area contributed by atoms with Crippen LogP contribution in [0.25, 0.3) is 0 Å². The fourth-order valence-corrected chi connectivity index (χ4v) is 1.84. The van der Waals surface area contributed by atoms with Crippen LogP contribution < -0.4 is 10.6 Å². The molecule has 1 heterocycles. The minimum absolute atomic E-state index is 0.0425. The third kappa shape index (κ3) is 2.90. The summed E-state index contributed by atoms with van der Waals surface area (Å²) < 4.78 is -0.600. The zero-order chi connectivity index (χ0) is 13.3. The average molecular weight is 311 g/mol. The van der Waals surface area contributed by atoms with E-state index in [1.165, 1.54) is 0 Å². The van der Waals surface area contributed by atoms with Gasteiger partial charge >= 0.3 is 0 Å². The Hall–Kier alpha value is -1.36. The van der Waals surface area contributed by atoms with E-state index >= 15 is 0 Å². The fourth-order valence-electron chi connectivity index (χ4n) is 1.74. The van der Waals surface area contributed by atoms with E-state index in [-0.39, 0.29) is 11.8 Å². The van der Waals surface area contributed by atoms with Crippen molar-refractivity contribution in [3.8, 4) is 0 Å². The maximum atomic E-state index is 11.8. The molecule has 18 heavy (non-hydrogen) atoms. The molecule has 0 saturated heterocycles. The summed E-state index contributed by atoms with van der Waals surface area (Å²) in [4.78, 5) is 23.1. The highest BCUT2D eigenvalue weighted by atomic mass is 79.9. The average Bonchev–Trinajstić information content (AvgIpc) is 2.28. The lowest BCUT2D eigenvalue weighted by atomic mass is 10.0. The number of carbonyl (C=O) groups excluding carboxylic acids is 2. The van der Waals surface area contributed by atoms with Crippen LogP contribution in [-0.2, 0) is 16.0 Å². The van der Waals surface area contributed by atoms with Gasteiger partial charge in [0.1, 0.15) is 0 Å². The Bertz CT molecular complexity index is 506. The van der Waals surface area contributed by atoms with Crippen molar-refractivity contribution < 1.29 is 9.59 Å². The molecule has 0 radical (unpaired) electrons. The summed E-state index contributed by atoms with van der Waals surface area (Å²) in [5, 5.41) is 5.65. The molecule has 0 spiro atoms. The molecule has 0 aliphatic carbocycles. The lowest BCUT2D eigenvalue weighted by Gasteiger charge is -2.19. The molecule has 0 aromatic heterocycles. The second-order valence-electron chi connectivity index (χ2n) is 4.85. The van der Waals surface area contributed by atoms with E-state index in [0.29, 0.717) is 12.8 Å². The molecule has 2 amide bonds. The summed E-state index contributed by atoms with van der Waals surface area (Å²) in [5.74, 6) is -0.0526. The topological polar surface area (TPSA) is 58.2 Å². The number of nitrogens with one attached hydrogen (secondary N) is 2. The number of hydrogen-bond donors (Lipinski definition) is 2. The van der Waals surface area contributed by atoms with Crippen molar-refractivity contribution in [2.24, 2.45) is 0 Å². The second kappa shape index (κ2) is 4.72. The van der Waals surface area contributed by atoms with Crippen molar-refractivity contribution in [3.05, 3.63) is 23.8 Å². The minimum atomic E-state index is -0.600. The van der Waals surface area contributed by atoms with Crippen LogP contribution in [0.15, 0.2) is 18.2 Å². The Labute approximate surface area is 114 Å². The number of fused-ring (bicyclic) bond motifs is 1. The first kappa shape index (κ1) is 13.1. The fraction of sp³-hybridized carbons (Fsp3) is 0.385. The second-order valence-corrected chi connectivity index (χ2v) is 6.83. The van der Waals surface area contributed by atoms with E-state index in [1.807, 2.05) is 12.1 Å². The van der Waals surface area contributed by atoms with E-state index in [0.717, 1.165) is 16.9 Å². The molecule has 0 unspecified atom stereocenters. The van der Waals surface area contributed by atoms with Crippen molar-refractivity contribution in [2.45, 2.75) is 31.0 Å². The third-order valence-electron chi connectivity index (χ3n) is 2.80. The predicted molar refractivity (Wildman–Crippen MR) is 75.0 cm³/mol. The smallest absolute Gasteiger partial charge is 0.240 e. The first-order chi connectivity index (χ1) is 8.36. The van der Waals surface area contributed by atoms with Crippen LogP contribution in [0.2, 0.25) is 0 Å². The maximum Gasteiger partial charge on any atom is 0.240 e. The summed E-state index contributed by atoms with van der Waals surface area (Å²) >= 11 is 3.32. The minimum Gasteiger partial charge on any atom is -0.326 e. The van der Waals surface area contributed by atoms with Gasteiger partial charge < -0.3 is 10.6 Å². The van der Waals surface area contributed by atoms with Crippen LogP contribution in [-0.4, -0.2) is 16.1 Å². The molecule has 1 aromatic carbocycles. The number of aryl methyl sites for hydroxylation is 1. The summed E-state index contributed by atoms with van der Waals surface area (Å²) in [7, 11) is 0. The van der Waals surface area contributed by atoms with Crippen molar-refractivity contribution >= 4 is 39.1 Å². The molecule has 96 valence electrons. The SMILES string of the molecule is CC(C)(Br)C(=O)Nc1ccc2c(c1)CCC(=O)N2. The molecular weight excluding hydrogens is 296 g/mol. The molecule has 4 nitrogen and oxygen atoms in total. The Morgan fingerprint density at radius 1 is 1.39 bits per heavy atom. The maximum absolute atomic E-state index is 11.8. The van der Waals surface area contributed by atoms with Gasteiger partial charge in [0.2, 0.25) is 11.8 Å². The Morgan fingerprint density at radius 2 is 2.11 bits per heavy atom. The highest BCUT2D eigenvalue weighted by Gasteiger charge is 2.24. The van der Waals surface area contributed by atoms with E-state index in [4.69, 9.17) is 0 Å². The van der Waals surface area contributed by atoms with E-state index in [9.17, 15) is 9.59 Å². The molecule has 0 bridgehead atoms. The van der Waals surface area contributed by atoms with Crippen LogP contribution in [0.4, 0.5) is 11.4 Å². The molecule has 2 rings (SSSR count). The van der Waals surface area contributed by atoms with Crippen LogP contribution >= 0.6 is 15.9 Å². The highest BCUT2D eigenvalue weighted by Crippen LogP contribution is 2.26. The van der Waals surface area contributed by atoms with Gasteiger partial charge in [-0.2, -0.15) is 0 Å². The van der Waals surface area contributed by atoms with Crippen LogP contribution in [0.5, 0.6) is 0 Å². The molecule has 1 aliphatic rings. The van der Waals surface area contributed by atoms with Gasteiger partial charge in [-0.3, -0.25) is 9.59 Å². The number of amides is 2. The van der Waals surface area contributed by atoms with Gasteiger partial charge in [0.15, 0.2) is 0 Å². The number of carbonyl (C=O) groups is 2. The molecule has 0 saturated carbocycles. The van der Waals surface area contributed by atoms with Gasteiger partial charge in [-0.15, -0.1) is 0 Å². The van der Waals surface area contributed by atoms with Gasteiger partial charge in [-0.1, -0.05) is 15.9 Å². The lowest BCUT2D eigenvalue weighted by Crippen LogP contribution is -2.31. The summed E-state index contributed by atoms with van der Waals surface area (Å²) in [6.45, 7) is 3.59. The number of rotatable bonds is 2. The number of anilines is 2. The van der Waals surface area contributed by atoms with Crippen molar-refractivity contribution in [1.82, 2.24) is 0 Å². The van der Waals surface area contributed by atoms with E-state index in [2.05, 4.69) is 26.6 Å².